The van der Waals surface area contributed by atoms with Crippen molar-refractivity contribution >= 4 is 18.0 Å². The number of nitrogens with one attached hydrogen (secondary N) is 1. The first-order chi connectivity index (χ1) is 9.54. The summed E-state index contributed by atoms with van der Waals surface area (Å²) in [7, 11) is 0. The summed E-state index contributed by atoms with van der Waals surface area (Å²) in [6, 6.07) is 4.99. The second-order valence-corrected chi connectivity index (χ2v) is 4.19. The van der Waals surface area contributed by atoms with Crippen LogP contribution in [0.5, 0.6) is 0 Å². The van der Waals surface area contributed by atoms with Gasteiger partial charge < -0.3 is 16.2 Å². The van der Waals surface area contributed by atoms with Crippen molar-refractivity contribution in [3.63, 3.8) is 0 Å². The average Bonchev–Trinajstić information content (AvgIpc) is 2.42. The van der Waals surface area contributed by atoms with Crippen LogP contribution in [-0.4, -0.2) is 29.6 Å². The fourth-order valence-corrected chi connectivity index (χ4v) is 1.57. The molecule has 0 aliphatic carbocycles. The quantitative estimate of drug-likeness (QED) is 0.653. The van der Waals surface area contributed by atoms with Gasteiger partial charge in [-0.1, -0.05) is 18.2 Å². The van der Waals surface area contributed by atoms with Crippen molar-refractivity contribution in [3.8, 4) is 0 Å². The fraction of sp³-hybridized carbons (Fsp3) is 0.286. The number of amides is 1. The summed E-state index contributed by atoms with van der Waals surface area (Å²) in [5, 5.41) is 11.3. The molecule has 1 rings (SSSR count). The average molecular weight is 280 g/mol. The number of hydrogen-bond donors (Lipinski definition) is 3. The minimum Gasteiger partial charge on any atom is -0.480 e. The molecule has 1 aromatic rings. The lowest BCUT2D eigenvalue weighted by molar-refractivity contribution is -0.141. The Kier molecular flexibility index (Phi) is 6.39. The number of aliphatic carboxylic acids is 1. The number of rotatable bonds is 7. The van der Waals surface area contributed by atoms with Gasteiger partial charge in [0, 0.05) is 11.6 Å². The van der Waals surface area contributed by atoms with Crippen LogP contribution in [-0.2, 0) is 9.59 Å². The Hall–Kier alpha value is -2.21. The summed E-state index contributed by atoms with van der Waals surface area (Å²) in [6.07, 6.45) is 3.16. The normalized spacial score (nSPS) is 12.3. The third-order valence-electron chi connectivity index (χ3n) is 2.63. The number of carbonyl (C=O) groups excluding carboxylic acids is 1. The van der Waals surface area contributed by atoms with Gasteiger partial charge in [-0.3, -0.25) is 4.79 Å². The van der Waals surface area contributed by atoms with Crippen molar-refractivity contribution in [2.75, 3.05) is 6.54 Å². The Morgan fingerprint density at radius 1 is 1.40 bits per heavy atom. The second kappa shape index (κ2) is 8.06. The molecule has 1 atom stereocenters. The number of carboxylic acid groups (broad SMARTS) is 1. The van der Waals surface area contributed by atoms with Gasteiger partial charge in [-0.2, -0.15) is 0 Å². The van der Waals surface area contributed by atoms with Crippen molar-refractivity contribution in [1.82, 2.24) is 5.32 Å². The zero-order valence-electron chi connectivity index (χ0n) is 10.9. The monoisotopic (exact) mass is 280 g/mol. The molecule has 0 aliphatic rings. The van der Waals surface area contributed by atoms with Crippen LogP contribution in [0.2, 0.25) is 0 Å². The van der Waals surface area contributed by atoms with Crippen molar-refractivity contribution in [3.05, 3.63) is 41.7 Å². The van der Waals surface area contributed by atoms with Crippen molar-refractivity contribution in [2.24, 2.45) is 5.73 Å². The molecule has 6 heteroatoms. The van der Waals surface area contributed by atoms with E-state index in [9.17, 15) is 14.0 Å². The summed E-state index contributed by atoms with van der Waals surface area (Å²) < 4.78 is 13.3. The van der Waals surface area contributed by atoms with Gasteiger partial charge >= 0.3 is 5.97 Å². The molecule has 0 aromatic heterocycles. The Balaban J connectivity index is 2.61. The van der Waals surface area contributed by atoms with E-state index in [1.54, 1.807) is 12.1 Å². The number of hydrogen-bond acceptors (Lipinski definition) is 3. The van der Waals surface area contributed by atoms with E-state index in [2.05, 4.69) is 5.32 Å². The zero-order chi connectivity index (χ0) is 15.0. The van der Waals surface area contributed by atoms with E-state index in [1.807, 2.05) is 0 Å². The number of halogens is 1. The number of benzene rings is 1. The van der Waals surface area contributed by atoms with Crippen LogP contribution in [0.15, 0.2) is 30.3 Å². The van der Waals surface area contributed by atoms with Gasteiger partial charge in [0.05, 0.1) is 0 Å². The third kappa shape index (κ3) is 5.19. The maximum Gasteiger partial charge on any atom is 0.326 e. The van der Waals surface area contributed by atoms with Gasteiger partial charge in [0.25, 0.3) is 0 Å². The fourth-order valence-electron chi connectivity index (χ4n) is 1.57. The first kappa shape index (κ1) is 15.8. The highest BCUT2D eigenvalue weighted by Gasteiger charge is 2.17. The smallest absolute Gasteiger partial charge is 0.326 e. The van der Waals surface area contributed by atoms with Gasteiger partial charge in [0.15, 0.2) is 0 Å². The van der Waals surface area contributed by atoms with Crippen LogP contribution in [0.3, 0.4) is 0 Å². The first-order valence-corrected chi connectivity index (χ1v) is 6.20. The molecule has 1 aromatic carbocycles. The van der Waals surface area contributed by atoms with Crippen molar-refractivity contribution in [2.45, 2.75) is 18.9 Å². The Labute approximate surface area is 116 Å². The van der Waals surface area contributed by atoms with Gasteiger partial charge in [-0.25, -0.2) is 9.18 Å². The molecule has 0 spiro atoms. The molecule has 0 fully saturated rings. The molecule has 20 heavy (non-hydrogen) atoms. The van der Waals surface area contributed by atoms with E-state index in [1.165, 1.54) is 18.2 Å². The third-order valence-corrected chi connectivity index (χ3v) is 2.63. The summed E-state index contributed by atoms with van der Waals surface area (Å²) >= 11 is 0. The molecule has 0 saturated heterocycles. The van der Waals surface area contributed by atoms with Gasteiger partial charge in [-0.05, 0) is 31.5 Å². The minimum atomic E-state index is -1.12. The van der Waals surface area contributed by atoms with Crippen LogP contribution in [0.25, 0.3) is 6.08 Å². The predicted octanol–water partition coefficient (Wildman–Crippen LogP) is 1.15. The van der Waals surface area contributed by atoms with Crippen LogP contribution in [0, 0.1) is 5.82 Å². The molecule has 0 aliphatic heterocycles. The second-order valence-electron chi connectivity index (χ2n) is 4.19. The van der Waals surface area contributed by atoms with Crippen molar-refractivity contribution in [1.29, 1.82) is 0 Å². The van der Waals surface area contributed by atoms with Gasteiger partial charge in [0.1, 0.15) is 11.9 Å². The molecule has 1 amide bonds. The van der Waals surface area contributed by atoms with Crippen LogP contribution < -0.4 is 11.1 Å². The zero-order valence-corrected chi connectivity index (χ0v) is 10.9. The molecule has 0 radical (unpaired) electrons. The molecular formula is C14H17FN2O3. The Morgan fingerprint density at radius 2 is 2.10 bits per heavy atom. The van der Waals surface area contributed by atoms with E-state index in [4.69, 9.17) is 10.8 Å². The number of nitrogens with two attached hydrogens (primary N) is 1. The predicted molar refractivity (Wildman–Crippen MR) is 73.3 cm³/mol. The highest BCUT2D eigenvalue weighted by atomic mass is 19.1. The summed E-state index contributed by atoms with van der Waals surface area (Å²) in [4.78, 5) is 22.5. The highest BCUT2D eigenvalue weighted by molar-refractivity contribution is 5.94. The largest absolute Gasteiger partial charge is 0.480 e. The lowest BCUT2D eigenvalue weighted by atomic mass is 10.1. The summed E-state index contributed by atoms with van der Waals surface area (Å²) in [5.74, 6) is -2.15. The van der Waals surface area contributed by atoms with E-state index in [-0.39, 0.29) is 12.0 Å². The van der Waals surface area contributed by atoms with Crippen LogP contribution in [0.4, 0.5) is 4.39 Å². The van der Waals surface area contributed by atoms with E-state index in [0.717, 1.165) is 6.08 Å². The molecule has 108 valence electrons. The Morgan fingerprint density at radius 3 is 2.70 bits per heavy atom. The SMILES string of the molecule is NCCC[C@H](NC(=O)/C=C/c1ccccc1F)C(=O)O. The lowest BCUT2D eigenvalue weighted by Gasteiger charge is -2.12. The molecule has 0 unspecified atom stereocenters. The van der Waals surface area contributed by atoms with E-state index in [0.29, 0.717) is 13.0 Å². The molecule has 4 N–H and O–H groups in total. The summed E-state index contributed by atoms with van der Waals surface area (Å²) in [5.41, 5.74) is 5.56. The maximum absolute atomic E-state index is 13.3. The number of carbonyl (C=O) groups is 2. The van der Waals surface area contributed by atoms with Crippen LogP contribution >= 0.6 is 0 Å². The molecular weight excluding hydrogens is 263 g/mol. The van der Waals surface area contributed by atoms with Gasteiger partial charge in [-0.15, -0.1) is 0 Å². The Bertz CT molecular complexity index is 503. The topological polar surface area (TPSA) is 92.4 Å². The molecule has 5 nitrogen and oxygen atoms in total. The highest BCUT2D eigenvalue weighted by Crippen LogP contribution is 2.08. The van der Waals surface area contributed by atoms with Crippen molar-refractivity contribution < 1.29 is 19.1 Å². The summed E-state index contributed by atoms with van der Waals surface area (Å²) in [6.45, 7) is 0.352. The maximum atomic E-state index is 13.3. The van der Waals surface area contributed by atoms with Gasteiger partial charge in [0.2, 0.25) is 5.91 Å². The van der Waals surface area contributed by atoms with E-state index < -0.39 is 23.7 Å². The standard InChI is InChI=1S/C14H17FN2O3/c15-11-5-2-1-4-10(11)7-8-13(18)17-12(14(19)20)6-3-9-16/h1-2,4-5,7-8,12H,3,6,9,16H2,(H,17,18)(H,19,20)/b8-7+/t12-/m0/s1. The molecule has 0 bridgehead atoms. The molecule has 0 heterocycles. The van der Waals surface area contributed by atoms with E-state index >= 15 is 0 Å². The lowest BCUT2D eigenvalue weighted by Crippen LogP contribution is -2.40. The number of carboxylic acids is 1. The first-order valence-electron chi connectivity index (χ1n) is 6.20. The van der Waals surface area contributed by atoms with Crippen LogP contribution in [0.1, 0.15) is 18.4 Å². The minimum absolute atomic E-state index is 0.255. The molecule has 0 saturated carbocycles.